The normalized spacial score (nSPS) is 19.4. The number of carboxylic acid groups (broad SMARTS) is 1. The number of likely N-dealkylation sites (tertiary alicyclic amines) is 1. The summed E-state index contributed by atoms with van der Waals surface area (Å²) in [7, 11) is 4.17. The van der Waals surface area contributed by atoms with Gasteiger partial charge in [0.2, 0.25) is 5.91 Å². The van der Waals surface area contributed by atoms with Crippen molar-refractivity contribution >= 4 is 29.8 Å². The summed E-state index contributed by atoms with van der Waals surface area (Å²) in [5, 5.41) is 7.60. The average Bonchev–Trinajstić information content (AvgIpc) is 3.23. The lowest BCUT2D eigenvalue weighted by Gasteiger charge is -2.50. The van der Waals surface area contributed by atoms with Gasteiger partial charge in [0.25, 0.3) is 6.47 Å². The van der Waals surface area contributed by atoms with Crippen LogP contribution in [-0.2, 0) is 16.0 Å². The Morgan fingerprint density at radius 2 is 1.97 bits per heavy atom. The van der Waals surface area contributed by atoms with Crippen LogP contribution in [0.3, 0.4) is 0 Å². The summed E-state index contributed by atoms with van der Waals surface area (Å²) >= 11 is 6.04. The van der Waals surface area contributed by atoms with Gasteiger partial charge in [0.05, 0.1) is 11.6 Å². The van der Waals surface area contributed by atoms with E-state index in [1.165, 1.54) is 0 Å². The number of carbonyl (C=O) groups excluding carboxylic acids is 1. The molecule has 0 aliphatic carbocycles. The van der Waals surface area contributed by atoms with Crippen LogP contribution in [0.15, 0.2) is 42.9 Å². The first-order valence-corrected chi connectivity index (χ1v) is 10.6. The third kappa shape index (κ3) is 5.32. The van der Waals surface area contributed by atoms with Crippen LogP contribution in [0, 0.1) is 5.41 Å². The zero-order valence-corrected chi connectivity index (χ0v) is 18.6. The number of aromatic nitrogens is 2. The Kier molecular flexibility index (Phi) is 7.46. The Morgan fingerprint density at radius 3 is 2.52 bits per heavy atom. The number of nitrogens with zero attached hydrogens (tertiary/aromatic N) is 5. The summed E-state index contributed by atoms with van der Waals surface area (Å²) in [5.74, 6) is 1.08. The molecule has 1 aromatic carbocycles. The highest BCUT2D eigenvalue weighted by atomic mass is 35.5. The first kappa shape index (κ1) is 23.0. The van der Waals surface area contributed by atoms with Crippen LogP contribution in [0.2, 0.25) is 5.02 Å². The molecule has 4 rings (SSSR count). The van der Waals surface area contributed by atoms with Gasteiger partial charge in [0.1, 0.15) is 5.82 Å². The molecule has 1 unspecified atom stereocenters. The van der Waals surface area contributed by atoms with Crippen molar-refractivity contribution < 1.29 is 14.7 Å². The molecule has 2 saturated heterocycles. The van der Waals surface area contributed by atoms with Gasteiger partial charge in [-0.3, -0.25) is 14.6 Å². The number of amides is 1. The molecule has 3 heterocycles. The van der Waals surface area contributed by atoms with Crippen molar-refractivity contribution in [3.63, 3.8) is 0 Å². The van der Waals surface area contributed by atoms with Crippen LogP contribution >= 0.6 is 11.6 Å². The average molecular weight is 446 g/mol. The number of benzene rings is 1. The second-order valence-electron chi connectivity index (χ2n) is 8.27. The Hall–Kier alpha value is -2.71. The van der Waals surface area contributed by atoms with Crippen LogP contribution in [0.5, 0.6) is 0 Å². The quantitative estimate of drug-likeness (QED) is 0.704. The lowest BCUT2D eigenvalue weighted by atomic mass is 9.73. The molecule has 1 aromatic heterocycles. The van der Waals surface area contributed by atoms with Crippen molar-refractivity contribution in [1.82, 2.24) is 19.8 Å². The summed E-state index contributed by atoms with van der Waals surface area (Å²) in [4.78, 5) is 36.9. The van der Waals surface area contributed by atoms with E-state index in [1.54, 1.807) is 18.6 Å². The van der Waals surface area contributed by atoms with Crippen LogP contribution in [0.25, 0.3) is 0 Å². The smallest absolute Gasteiger partial charge is 0.290 e. The van der Waals surface area contributed by atoms with Crippen molar-refractivity contribution in [1.29, 1.82) is 0 Å². The molecule has 166 valence electrons. The van der Waals surface area contributed by atoms with E-state index in [4.69, 9.17) is 21.5 Å². The summed E-state index contributed by atoms with van der Waals surface area (Å²) in [6.07, 6.45) is 6.86. The molecule has 8 nitrogen and oxygen atoms in total. The maximum atomic E-state index is 13.6. The van der Waals surface area contributed by atoms with Gasteiger partial charge in [-0.1, -0.05) is 23.7 Å². The first-order valence-electron chi connectivity index (χ1n) is 10.2. The molecule has 2 aliphatic heterocycles. The molecule has 2 aromatic rings. The van der Waals surface area contributed by atoms with E-state index >= 15 is 0 Å². The largest absolute Gasteiger partial charge is 0.483 e. The highest BCUT2D eigenvalue weighted by Gasteiger charge is 2.52. The number of hydrogen-bond acceptors (Lipinski definition) is 6. The standard InChI is InChI=1S/C21H26ClN5O.CH2O2/c1-25(2)18-7-10-26(13-18)20(28)21(11-16-3-5-17(22)6-4-16)14-27(15-21)19-12-23-8-9-24-19;2-1-3/h3-6,8-9,12,18H,7,10-11,13-15H2,1-2H3;1H,(H,2,3). The fourth-order valence-electron chi connectivity index (χ4n) is 4.30. The molecule has 9 heteroatoms. The van der Waals surface area contributed by atoms with E-state index < -0.39 is 5.41 Å². The zero-order valence-electron chi connectivity index (χ0n) is 17.8. The molecule has 1 N–H and O–H groups in total. The maximum Gasteiger partial charge on any atom is 0.290 e. The predicted molar refractivity (Wildman–Crippen MR) is 119 cm³/mol. The number of carbonyl (C=O) groups is 2. The lowest BCUT2D eigenvalue weighted by Crippen LogP contribution is -2.65. The SMILES string of the molecule is CN(C)C1CCN(C(=O)C2(Cc3ccc(Cl)cc3)CN(c3cnccn3)C2)C1.O=CO. The number of likely N-dealkylation sites (N-methyl/N-ethyl adjacent to an activating group) is 1. The monoisotopic (exact) mass is 445 g/mol. The molecular formula is C22H28ClN5O3. The van der Waals surface area contributed by atoms with E-state index in [0.717, 1.165) is 30.9 Å². The highest BCUT2D eigenvalue weighted by Crippen LogP contribution is 2.39. The molecule has 1 amide bonds. The fraction of sp³-hybridized carbons (Fsp3) is 0.455. The molecule has 0 bridgehead atoms. The van der Waals surface area contributed by atoms with Gasteiger partial charge in [-0.2, -0.15) is 0 Å². The van der Waals surface area contributed by atoms with Gasteiger partial charge in [-0.25, -0.2) is 4.98 Å². The molecule has 2 fully saturated rings. The highest BCUT2D eigenvalue weighted by molar-refractivity contribution is 6.30. The van der Waals surface area contributed by atoms with Crippen molar-refractivity contribution in [3.8, 4) is 0 Å². The Morgan fingerprint density at radius 1 is 1.29 bits per heavy atom. The van der Waals surface area contributed by atoms with Gasteiger partial charge in [0.15, 0.2) is 0 Å². The fourth-order valence-corrected chi connectivity index (χ4v) is 4.43. The minimum absolute atomic E-state index is 0.250. The minimum atomic E-state index is -0.424. The van der Waals surface area contributed by atoms with Crippen molar-refractivity contribution in [2.45, 2.75) is 18.9 Å². The lowest BCUT2D eigenvalue weighted by molar-refractivity contribution is -0.143. The number of anilines is 1. The van der Waals surface area contributed by atoms with Crippen molar-refractivity contribution in [2.24, 2.45) is 5.41 Å². The number of rotatable bonds is 5. The summed E-state index contributed by atoms with van der Waals surface area (Å²) < 4.78 is 0. The predicted octanol–water partition coefficient (Wildman–Crippen LogP) is 2.04. The Balaban J connectivity index is 0.000000858. The van der Waals surface area contributed by atoms with E-state index in [1.807, 2.05) is 24.3 Å². The van der Waals surface area contributed by atoms with Crippen molar-refractivity contribution in [2.75, 3.05) is 45.2 Å². The molecule has 2 aliphatic rings. The van der Waals surface area contributed by atoms with Crippen molar-refractivity contribution in [3.05, 3.63) is 53.4 Å². The zero-order chi connectivity index (χ0) is 22.4. The summed E-state index contributed by atoms with van der Waals surface area (Å²) in [6, 6.07) is 8.27. The molecule has 1 atom stereocenters. The second-order valence-corrected chi connectivity index (χ2v) is 8.70. The summed E-state index contributed by atoms with van der Waals surface area (Å²) in [6.45, 7) is 2.71. The van der Waals surface area contributed by atoms with Crippen LogP contribution < -0.4 is 4.90 Å². The van der Waals surface area contributed by atoms with Crippen LogP contribution in [0.1, 0.15) is 12.0 Å². The molecular weight excluding hydrogens is 418 g/mol. The van der Waals surface area contributed by atoms with Gasteiger partial charge < -0.3 is 19.8 Å². The molecule has 0 spiro atoms. The van der Waals surface area contributed by atoms with Gasteiger partial charge in [-0.15, -0.1) is 0 Å². The second kappa shape index (κ2) is 10.1. The third-order valence-electron chi connectivity index (χ3n) is 5.95. The van der Waals surface area contributed by atoms with Gasteiger partial charge in [-0.05, 0) is 44.6 Å². The maximum absolute atomic E-state index is 13.6. The molecule has 0 radical (unpaired) electrons. The first-order chi connectivity index (χ1) is 14.9. The molecule has 0 saturated carbocycles. The minimum Gasteiger partial charge on any atom is -0.483 e. The van der Waals surface area contributed by atoms with Crippen LogP contribution in [-0.4, -0.2) is 83.6 Å². The Bertz CT molecular complexity index is 872. The molecule has 31 heavy (non-hydrogen) atoms. The number of hydrogen-bond donors (Lipinski definition) is 1. The van der Waals surface area contributed by atoms with E-state index in [-0.39, 0.29) is 12.4 Å². The van der Waals surface area contributed by atoms with E-state index in [0.29, 0.717) is 30.6 Å². The topological polar surface area (TPSA) is 89.9 Å². The summed E-state index contributed by atoms with van der Waals surface area (Å²) in [5.41, 5.74) is 0.715. The van der Waals surface area contributed by atoms with Crippen LogP contribution in [0.4, 0.5) is 5.82 Å². The van der Waals surface area contributed by atoms with Gasteiger partial charge >= 0.3 is 0 Å². The Labute approximate surface area is 187 Å². The van der Waals surface area contributed by atoms with E-state index in [2.05, 4.69) is 38.8 Å². The number of halogens is 1. The van der Waals surface area contributed by atoms with E-state index in [9.17, 15) is 4.79 Å². The van der Waals surface area contributed by atoms with Gasteiger partial charge in [0, 0.05) is 49.6 Å². The third-order valence-corrected chi connectivity index (χ3v) is 6.20.